The van der Waals surface area contributed by atoms with Crippen molar-refractivity contribution < 1.29 is 22.7 Å². The van der Waals surface area contributed by atoms with Crippen LogP contribution in [0.15, 0.2) is 59.5 Å². The molecule has 142 valence electrons. The van der Waals surface area contributed by atoms with Crippen LogP contribution in [0.3, 0.4) is 0 Å². The standard InChI is InChI=1S/C20H16N2O5S/c1-27-20(24)13-7-5-12(6-8-13)11-21-28(25,26)17-10-9-16-18-14(17)3-2-4-15(18)19(23)22-16/h2-10,21H,11H2,1H3,(H,22,23). The number of sulfonamides is 1. The maximum atomic E-state index is 12.9. The quantitative estimate of drug-likeness (QED) is 0.646. The van der Waals surface area contributed by atoms with Gasteiger partial charge in [-0.1, -0.05) is 24.3 Å². The van der Waals surface area contributed by atoms with Crippen molar-refractivity contribution in [1.82, 2.24) is 4.72 Å². The molecular formula is C20H16N2O5S. The molecule has 0 aliphatic carbocycles. The summed E-state index contributed by atoms with van der Waals surface area (Å²) in [6.07, 6.45) is 0. The second kappa shape index (κ2) is 6.74. The molecule has 28 heavy (non-hydrogen) atoms. The van der Waals surface area contributed by atoms with Crippen molar-refractivity contribution in [3.8, 4) is 0 Å². The highest BCUT2D eigenvalue weighted by Crippen LogP contribution is 2.36. The van der Waals surface area contributed by atoms with Gasteiger partial charge in [0.25, 0.3) is 5.91 Å². The van der Waals surface area contributed by atoms with Crippen molar-refractivity contribution in [1.29, 1.82) is 0 Å². The smallest absolute Gasteiger partial charge is 0.337 e. The molecule has 8 heteroatoms. The molecule has 0 radical (unpaired) electrons. The van der Waals surface area contributed by atoms with E-state index < -0.39 is 16.0 Å². The molecular weight excluding hydrogens is 380 g/mol. The second-order valence-electron chi connectivity index (χ2n) is 6.31. The van der Waals surface area contributed by atoms with Gasteiger partial charge in [0.2, 0.25) is 10.0 Å². The molecule has 0 unspecified atom stereocenters. The summed E-state index contributed by atoms with van der Waals surface area (Å²) in [6, 6.07) is 14.6. The topological polar surface area (TPSA) is 102 Å². The van der Waals surface area contributed by atoms with Gasteiger partial charge in [-0.15, -0.1) is 0 Å². The number of ether oxygens (including phenoxy) is 1. The van der Waals surface area contributed by atoms with E-state index in [4.69, 9.17) is 0 Å². The number of anilines is 1. The van der Waals surface area contributed by atoms with Gasteiger partial charge >= 0.3 is 5.97 Å². The van der Waals surface area contributed by atoms with Gasteiger partial charge in [-0.05, 0) is 35.9 Å². The zero-order chi connectivity index (χ0) is 19.9. The van der Waals surface area contributed by atoms with E-state index in [2.05, 4.69) is 14.8 Å². The highest BCUT2D eigenvalue weighted by molar-refractivity contribution is 7.89. The first-order chi connectivity index (χ1) is 13.4. The molecule has 0 atom stereocenters. The Morgan fingerprint density at radius 1 is 1.07 bits per heavy atom. The molecule has 0 bridgehead atoms. The molecule has 0 saturated heterocycles. The van der Waals surface area contributed by atoms with Crippen molar-refractivity contribution in [2.45, 2.75) is 11.4 Å². The molecule has 3 aromatic carbocycles. The third-order valence-corrected chi connectivity index (χ3v) is 6.08. The second-order valence-corrected chi connectivity index (χ2v) is 8.04. The molecule has 0 aromatic heterocycles. The first-order valence-electron chi connectivity index (χ1n) is 8.45. The largest absolute Gasteiger partial charge is 0.465 e. The highest BCUT2D eigenvalue weighted by Gasteiger charge is 2.26. The molecule has 0 fully saturated rings. The number of amides is 1. The Balaban J connectivity index is 1.62. The lowest BCUT2D eigenvalue weighted by Crippen LogP contribution is -2.23. The first-order valence-corrected chi connectivity index (χ1v) is 9.93. The predicted octanol–water partition coefficient (Wildman–Crippen LogP) is 2.67. The molecule has 0 saturated carbocycles. The Bertz CT molecular complexity index is 1220. The lowest BCUT2D eigenvalue weighted by Gasteiger charge is -2.11. The highest BCUT2D eigenvalue weighted by atomic mass is 32.2. The van der Waals surface area contributed by atoms with E-state index in [1.165, 1.54) is 13.2 Å². The van der Waals surface area contributed by atoms with Crippen molar-refractivity contribution in [3.63, 3.8) is 0 Å². The molecule has 1 heterocycles. The van der Waals surface area contributed by atoms with E-state index in [0.29, 0.717) is 33.2 Å². The van der Waals surface area contributed by atoms with Crippen LogP contribution in [0.25, 0.3) is 10.8 Å². The van der Waals surface area contributed by atoms with E-state index in [-0.39, 0.29) is 17.3 Å². The molecule has 1 aliphatic heterocycles. The van der Waals surface area contributed by atoms with Gasteiger partial charge in [0, 0.05) is 28.6 Å². The lowest BCUT2D eigenvalue weighted by atomic mass is 10.1. The summed E-state index contributed by atoms with van der Waals surface area (Å²) < 4.78 is 33.0. The van der Waals surface area contributed by atoms with Crippen LogP contribution in [0.5, 0.6) is 0 Å². The normalized spacial score (nSPS) is 12.8. The van der Waals surface area contributed by atoms with Gasteiger partial charge in [-0.25, -0.2) is 17.9 Å². The summed E-state index contributed by atoms with van der Waals surface area (Å²) in [5.74, 6) is -0.697. The maximum Gasteiger partial charge on any atom is 0.337 e. The molecule has 7 nitrogen and oxygen atoms in total. The maximum absolute atomic E-state index is 12.9. The van der Waals surface area contributed by atoms with E-state index in [9.17, 15) is 18.0 Å². The van der Waals surface area contributed by atoms with Crippen LogP contribution in [0.2, 0.25) is 0 Å². The number of carbonyl (C=O) groups excluding carboxylic acids is 2. The van der Waals surface area contributed by atoms with Crippen LogP contribution in [0.4, 0.5) is 5.69 Å². The Morgan fingerprint density at radius 2 is 1.82 bits per heavy atom. The number of hydrogen-bond donors (Lipinski definition) is 2. The SMILES string of the molecule is COC(=O)c1ccc(CNS(=O)(=O)c2ccc3c4c(cccc24)C(=O)N3)cc1. The molecule has 4 rings (SSSR count). The molecule has 1 aliphatic rings. The van der Waals surface area contributed by atoms with E-state index >= 15 is 0 Å². The van der Waals surface area contributed by atoms with E-state index in [0.717, 1.165) is 0 Å². The van der Waals surface area contributed by atoms with E-state index in [1.54, 1.807) is 48.5 Å². The number of esters is 1. The minimum atomic E-state index is -3.82. The number of benzene rings is 3. The predicted molar refractivity (Wildman–Crippen MR) is 104 cm³/mol. The van der Waals surface area contributed by atoms with Crippen LogP contribution in [0.1, 0.15) is 26.3 Å². The molecule has 1 amide bonds. The summed E-state index contributed by atoms with van der Waals surface area (Å²) in [4.78, 5) is 23.6. The number of methoxy groups -OCH3 is 1. The van der Waals surface area contributed by atoms with Gasteiger partial charge in [0.05, 0.1) is 17.6 Å². The third kappa shape index (κ3) is 3.02. The monoisotopic (exact) mass is 396 g/mol. The summed E-state index contributed by atoms with van der Waals surface area (Å²) in [5.41, 5.74) is 2.15. The first kappa shape index (κ1) is 18.1. The van der Waals surface area contributed by atoms with Gasteiger partial charge in [0.1, 0.15) is 0 Å². The van der Waals surface area contributed by atoms with Crippen LogP contribution >= 0.6 is 0 Å². The number of rotatable bonds is 5. The third-order valence-electron chi connectivity index (χ3n) is 4.62. The fourth-order valence-electron chi connectivity index (χ4n) is 3.23. The minimum Gasteiger partial charge on any atom is -0.465 e. The van der Waals surface area contributed by atoms with Crippen LogP contribution in [0, 0.1) is 0 Å². The zero-order valence-corrected chi connectivity index (χ0v) is 15.7. The summed E-state index contributed by atoms with van der Waals surface area (Å²) in [7, 11) is -2.52. The minimum absolute atomic E-state index is 0.0594. The number of nitrogens with one attached hydrogen (secondary N) is 2. The summed E-state index contributed by atoms with van der Waals surface area (Å²) in [5, 5.41) is 3.83. The van der Waals surface area contributed by atoms with Crippen LogP contribution in [-0.2, 0) is 21.3 Å². The average Bonchev–Trinajstić information content (AvgIpc) is 3.04. The number of carbonyl (C=O) groups is 2. The fourth-order valence-corrected chi connectivity index (χ4v) is 4.45. The van der Waals surface area contributed by atoms with Gasteiger partial charge in [-0.3, -0.25) is 4.79 Å². The van der Waals surface area contributed by atoms with Crippen molar-refractivity contribution in [2.24, 2.45) is 0 Å². The Labute approximate surface area is 161 Å². The van der Waals surface area contributed by atoms with Gasteiger partial charge in [0.15, 0.2) is 0 Å². The lowest BCUT2D eigenvalue weighted by molar-refractivity contribution is 0.0600. The van der Waals surface area contributed by atoms with Crippen molar-refractivity contribution in [3.05, 3.63) is 71.3 Å². The molecule has 2 N–H and O–H groups in total. The van der Waals surface area contributed by atoms with Crippen molar-refractivity contribution in [2.75, 3.05) is 12.4 Å². The van der Waals surface area contributed by atoms with Crippen LogP contribution in [-0.4, -0.2) is 27.4 Å². The van der Waals surface area contributed by atoms with Gasteiger partial charge < -0.3 is 10.1 Å². The summed E-state index contributed by atoms with van der Waals surface area (Å²) in [6.45, 7) is 0.0594. The summed E-state index contributed by atoms with van der Waals surface area (Å²) >= 11 is 0. The van der Waals surface area contributed by atoms with Crippen molar-refractivity contribution >= 4 is 38.4 Å². The Hall–Kier alpha value is -3.23. The molecule has 0 spiro atoms. The van der Waals surface area contributed by atoms with Gasteiger partial charge in [-0.2, -0.15) is 0 Å². The average molecular weight is 396 g/mol. The zero-order valence-electron chi connectivity index (χ0n) is 14.9. The number of hydrogen-bond acceptors (Lipinski definition) is 5. The van der Waals surface area contributed by atoms with Crippen LogP contribution < -0.4 is 10.0 Å². The molecule has 3 aromatic rings. The Kier molecular flexibility index (Phi) is 4.37. The Morgan fingerprint density at radius 3 is 2.54 bits per heavy atom. The fraction of sp³-hybridized carbons (Fsp3) is 0.100. The van der Waals surface area contributed by atoms with E-state index in [1.807, 2.05) is 0 Å².